The molecule has 0 aliphatic carbocycles. The Morgan fingerprint density at radius 2 is 1.96 bits per heavy atom. The zero-order valence-electron chi connectivity index (χ0n) is 15.8. The molecule has 1 aliphatic rings. The molecule has 6 nitrogen and oxygen atoms in total. The fourth-order valence-corrected chi connectivity index (χ4v) is 3.08. The van der Waals surface area contributed by atoms with Crippen LogP contribution in [0.3, 0.4) is 0 Å². The highest BCUT2D eigenvalue weighted by Crippen LogP contribution is 2.18. The van der Waals surface area contributed by atoms with Crippen LogP contribution in [0.25, 0.3) is 0 Å². The first-order valence-electron chi connectivity index (χ1n) is 8.92. The highest BCUT2D eigenvalue weighted by atomic mass is 127. The lowest BCUT2D eigenvalue weighted by Gasteiger charge is -2.36. The largest absolute Gasteiger partial charge is 0.355 e. The maximum Gasteiger partial charge on any atom is 0.239 e. The molecule has 9 heteroatoms. The molecule has 1 aliphatic heterocycles. The van der Waals surface area contributed by atoms with Gasteiger partial charge in [-0.3, -0.25) is 14.7 Å². The Morgan fingerprint density at radius 3 is 2.56 bits per heavy atom. The predicted octanol–water partition coefficient (Wildman–Crippen LogP) is 2.43. The van der Waals surface area contributed by atoms with Crippen LogP contribution in [0.2, 0.25) is 0 Å². The van der Waals surface area contributed by atoms with E-state index in [1.54, 1.807) is 19.2 Å². The average molecular weight is 556 g/mol. The summed E-state index contributed by atoms with van der Waals surface area (Å²) in [6.45, 7) is 7.02. The Hall–Kier alpha value is -0.940. The molecule has 0 spiro atoms. The number of halogens is 3. The van der Waals surface area contributed by atoms with Gasteiger partial charge in [0.1, 0.15) is 5.82 Å². The van der Waals surface area contributed by atoms with Gasteiger partial charge in [0.25, 0.3) is 0 Å². The molecule has 1 fully saturated rings. The molecule has 2 N–H and O–H groups in total. The molecule has 1 aromatic carbocycles. The van der Waals surface area contributed by atoms with E-state index in [4.69, 9.17) is 0 Å². The summed E-state index contributed by atoms with van der Waals surface area (Å²) in [5, 5.41) is 5.96. The topological polar surface area (TPSA) is 60.0 Å². The summed E-state index contributed by atoms with van der Waals surface area (Å²) in [5.41, 5.74) is 0.967. The van der Waals surface area contributed by atoms with Gasteiger partial charge >= 0.3 is 0 Å². The number of aliphatic imine (C=N–C) groups is 1. The smallest absolute Gasteiger partial charge is 0.239 e. The third-order valence-corrected chi connectivity index (χ3v) is 4.90. The summed E-state index contributed by atoms with van der Waals surface area (Å²) >= 11 is 3.18. The monoisotopic (exact) mass is 555 g/mol. The first-order chi connectivity index (χ1) is 12.5. The van der Waals surface area contributed by atoms with E-state index >= 15 is 0 Å². The number of benzene rings is 1. The maximum absolute atomic E-state index is 13.6. The van der Waals surface area contributed by atoms with Crippen LogP contribution in [0.4, 0.5) is 4.39 Å². The van der Waals surface area contributed by atoms with Gasteiger partial charge in [-0.25, -0.2) is 4.39 Å². The van der Waals surface area contributed by atoms with E-state index in [1.807, 2.05) is 13.0 Å². The van der Waals surface area contributed by atoms with Gasteiger partial charge in [0.2, 0.25) is 5.91 Å². The molecular formula is C18H28BrFIN5O. The van der Waals surface area contributed by atoms with Gasteiger partial charge in [-0.2, -0.15) is 0 Å². The minimum atomic E-state index is -0.230. The molecule has 1 heterocycles. The molecule has 0 saturated carbocycles. The number of hydrogen-bond acceptors (Lipinski definition) is 3. The van der Waals surface area contributed by atoms with Gasteiger partial charge in [-0.05, 0) is 40.0 Å². The van der Waals surface area contributed by atoms with Crippen molar-refractivity contribution in [3.05, 3.63) is 34.1 Å². The molecule has 1 saturated heterocycles. The number of nitrogens with one attached hydrogen (secondary N) is 2. The third-order valence-electron chi connectivity index (χ3n) is 4.25. The molecule has 0 aromatic heterocycles. The summed E-state index contributed by atoms with van der Waals surface area (Å²) in [4.78, 5) is 20.4. The summed E-state index contributed by atoms with van der Waals surface area (Å²) in [6, 6.07) is 5.26. The van der Waals surface area contributed by atoms with Crippen LogP contribution in [0.1, 0.15) is 18.9 Å². The molecule has 2 rings (SSSR count). The first kappa shape index (κ1) is 24.1. The zero-order valence-corrected chi connectivity index (χ0v) is 19.7. The van der Waals surface area contributed by atoms with Gasteiger partial charge in [0.05, 0.1) is 11.0 Å². The van der Waals surface area contributed by atoms with Gasteiger partial charge in [-0.1, -0.05) is 13.0 Å². The van der Waals surface area contributed by atoms with Crippen LogP contribution in [0, 0.1) is 5.82 Å². The molecule has 0 atom stereocenters. The summed E-state index contributed by atoms with van der Waals surface area (Å²) in [6.07, 6.45) is 0.921. The lowest BCUT2D eigenvalue weighted by molar-refractivity contribution is -0.120. The van der Waals surface area contributed by atoms with Crippen molar-refractivity contribution in [2.45, 2.75) is 19.9 Å². The second-order valence-corrected chi connectivity index (χ2v) is 7.12. The molecular weight excluding hydrogens is 528 g/mol. The second kappa shape index (κ2) is 12.5. The van der Waals surface area contributed by atoms with Crippen LogP contribution in [0.5, 0.6) is 0 Å². The maximum atomic E-state index is 13.6. The Kier molecular flexibility index (Phi) is 11.2. The Labute approximate surface area is 186 Å². The fourth-order valence-electron chi connectivity index (χ4n) is 2.83. The lowest BCUT2D eigenvalue weighted by Crippen LogP contribution is -2.53. The highest BCUT2D eigenvalue weighted by Gasteiger charge is 2.20. The first-order valence-corrected chi connectivity index (χ1v) is 9.71. The lowest BCUT2D eigenvalue weighted by atomic mass is 10.2. The van der Waals surface area contributed by atoms with E-state index in [9.17, 15) is 9.18 Å². The molecule has 152 valence electrons. The highest BCUT2D eigenvalue weighted by molar-refractivity contribution is 14.0. The van der Waals surface area contributed by atoms with Crippen LogP contribution in [-0.4, -0.2) is 68.0 Å². The number of piperazine rings is 1. The number of carbonyl (C=O) groups excluding carboxylic acids is 1. The van der Waals surface area contributed by atoms with Gasteiger partial charge in [0, 0.05) is 46.3 Å². The van der Waals surface area contributed by atoms with E-state index < -0.39 is 0 Å². The summed E-state index contributed by atoms with van der Waals surface area (Å²) < 4.78 is 14.1. The Balaban J connectivity index is 0.00000364. The molecule has 0 unspecified atom stereocenters. The van der Waals surface area contributed by atoms with Crippen LogP contribution in [0.15, 0.2) is 27.7 Å². The van der Waals surface area contributed by atoms with Crippen LogP contribution in [-0.2, 0) is 11.3 Å². The van der Waals surface area contributed by atoms with E-state index in [2.05, 4.69) is 41.4 Å². The van der Waals surface area contributed by atoms with Crippen LogP contribution < -0.4 is 10.6 Å². The van der Waals surface area contributed by atoms with Crippen LogP contribution >= 0.6 is 39.9 Å². The van der Waals surface area contributed by atoms with Crippen molar-refractivity contribution < 1.29 is 9.18 Å². The van der Waals surface area contributed by atoms with E-state index in [-0.39, 0.29) is 42.2 Å². The Bertz CT molecular complexity index is 638. The number of nitrogens with zero attached hydrogens (tertiary/aromatic N) is 3. The second-order valence-electron chi connectivity index (χ2n) is 6.26. The molecule has 1 amide bonds. The minimum Gasteiger partial charge on any atom is -0.355 e. The van der Waals surface area contributed by atoms with Crippen molar-refractivity contribution in [1.82, 2.24) is 20.4 Å². The van der Waals surface area contributed by atoms with Crippen molar-refractivity contribution in [2.24, 2.45) is 4.99 Å². The average Bonchev–Trinajstić information content (AvgIpc) is 2.64. The third kappa shape index (κ3) is 7.90. The number of carbonyl (C=O) groups is 1. The number of hydrogen-bond donors (Lipinski definition) is 2. The van der Waals surface area contributed by atoms with E-state index in [0.717, 1.165) is 50.7 Å². The standard InChI is InChI=1S/C18H27BrFN5O.HI/c1-3-6-22-17(26)12-23-18(21-2)25-9-7-24(8-10-25)13-14-4-5-15(19)16(20)11-14;/h4-5,11H,3,6-10,12-13H2,1-2H3,(H,21,23)(H,22,26);1H. The molecule has 1 aromatic rings. The van der Waals surface area contributed by atoms with Gasteiger partial charge < -0.3 is 15.5 Å². The van der Waals surface area contributed by atoms with Gasteiger partial charge in [-0.15, -0.1) is 24.0 Å². The number of rotatable bonds is 6. The molecule has 0 radical (unpaired) electrons. The van der Waals surface area contributed by atoms with Crippen molar-refractivity contribution in [1.29, 1.82) is 0 Å². The normalized spacial score (nSPS) is 15.3. The zero-order chi connectivity index (χ0) is 18.9. The van der Waals surface area contributed by atoms with Crippen molar-refractivity contribution in [3.8, 4) is 0 Å². The van der Waals surface area contributed by atoms with Crippen molar-refractivity contribution in [3.63, 3.8) is 0 Å². The quantitative estimate of drug-likeness (QED) is 0.321. The van der Waals surface area contributed by atoms with E-state index in [0.29, 0.717) is 11.0 Å². The fraction of sp³-hybridized carbons (Fsp3) is 0.556. The number of guanidine groups is 1. The molecule has 27 heavy (non-hydrogen) atoms. The van der Waals surface area contributed by atoms with Gasteiger partial charge in [0.15, 0.2) is 5.96 Å². The van der Waals surface area contributed by atoms with Crippen molar-refractivity contribution in [2.75, 3.05) is 46.3 Å². The molecule has 0 bridgehead atoms. The van der Waals surface area contributed by atoms with Crippen molar-refractivity contribution >= 4 is 51.8 Å². The minimum absolute atomic E-state index is 0. The summed E-state index contributed by atoms with van der Waals surface area (Å²) in [7, 11) is 1.73. The Morgan fingerprint density at radius 1 is 1.26 bits per heavy atom. The number of amides is 1. The van der Waals surface area contributed by atoms with E-state index in [1.165, 1.54) is 0 Å². The predicted molar refractivity (Wildman–Crippen MR) is 121 cm³/mol. The summed E-state index contributed by atoms with van der Waals surface area (Å²) in [5.74, 6) is 0.488. The SMILES string of the molecule is CCCNC(=O)CNC(=NC)N1CCN(Cc2ccc(Br)c(F)c2)CC1.I.